The number of halogens is 3. The summed E-state index contributed by atoms with van der Waals surface area (Å²) in [5.74, 6) is 0.0137. The maximum Gasteiger partial charge on any atom is 0.148 e. The van der Waals surface area contributed by atoms with Gasteiger partial charge in [-0.15, -0.1) is 11.3 Å². The topological polar surface area (TPSA) is 34.1 Å². The summed E-state index contributed by atoms with van der Waals surface area (Å²) in [4.78, 5) is -0.297. The Morgan fingerprint density at radius 2 is 2.14 bits per heavy atom. The van der Waals surface area contributed by atoms with Crippen molar-refractivity contribution in [1.29, 1.82) is 0 Å². The maximum absolute atomic E-state index is 11.0. The number of hydrogen-bond acceptors (Lipinski definition) is 3. The standard InChI is InChI=1S/C7H7BrCl2O2S2/c1-14(11,12)3-5(8)4-2-6(9)13-7(4)10/h2,5H,3H2,1H3. The van der Waals surface area contributed by atoms with E-state index < -0.39 is 9.84 Å². The van der Waals surface area contributed by atoms with Crippen LogP contribution in [0, 0.1) is 0 Å². The molecule has 1 heterocycles. The van der Waals surface area contributed by atoms with Gasteiger partial charge in [-0.05, 0) is 11.6 Å². The van der Waals surface area contributed by atoms with E-state index in [0.29, 0.717) is 8.67 Å². The van der Waals surface area contributed by atoms with E-state index in [9.17, 15) is 8.42 Å². The lowest BCUT2D eigenvalue weighted by atomic mass is 10.3. The van der Waals surface area contributed by atoms with E-state index >= 15 is 0 Å². The summed E-state index contributed by atoms with van der Waals surface area (Å²) in [6.45, 7) is 0. The summed E-state index contributed by atoms with van der Waals surface area (Å²) in [5.41, 5.74) is 0.729. The first-order valence-electron chi connectivity index (χ1n) is 3.56. The fourth-order valence-electron chi connectivity index (χ4n) is 0.922. The molecule has 1 rings (SSSR count). The van der Waals surface area contributed by atoms with Crippen LogP contribution >= 0.6 is 50.5 Å². The average molecular weight is 338 g/mol. The van der Waals surface area contributed by atoms with Crippen molar-refractivity contribution >= 4 is 60.3 Å². The van der Waals surface area contributed by atoms with Gasteiger partial charge in [0.1, 0.15) is 9.84 Å². The average Bonchev–Trinajstić information content (AvgIpc) is 2.26. The summed E-state index contributed by atoms with van der Waals surface area (Å²) in [5, 5.41) is 0. The fourth-order valence-corrected chi connectivity index (χ4v) is 5.30. The van der Waals surface area contributed by atoms with Gasteiger partial charge in [0.15, 0.2) is 0 Å². The molecule has 0 fully saturated rings. The fraction of sp³-hybridized carbons (Fsp3) is 0.429. The van der Waals surface area contributed by atoms with Gasteiger partial charge in [0.2, 0.25) is 0 Å². The SMILES string of the molecule is CS(=O)(=O)CC(Br)c1cc(Cl)sc1Cl. The van der Waals surface area contributed by atoms with Crippen LogP contribution in [0.4, 0.5) is 0 Å². The van der Waals surface area contributed by atoms with Crippen molar-refractivity contribution in [2.75, 3.05) is 12.0 Å². The molecular formula is C7H7BrCl2O2S2. The molecule has 0 aliphatic rings. The third-order valence-electron chi connectivity index (χ3n) is 1.47. The zero-order valence-electron chi connectivity index (χ0n) is 7.13. The number of thiophene rings is 1. The molecule has 0 aliphatic heterocycles. The van der Waals surface area contributed by atoms with Crippen molar-refractivity contribution in [2.45, 2.75) is 4.83 Å². The third kappa shape index (κ3) is 3.70. The van der Waals surface area contributed by atoms with E-state index in [-0.39, 0.29) is 10.6 Å². The van der Waals surface area contributed by atoms with Crippen molar-refractivity contribution < 1.29 is 8.42 Å². The molecule has 0 aromatic carbocycles. The molecule has 0 N–H and O–H groups in total. The molecule has 0 radical (unpaired) electrons. The van der Waals surface area contributed by atoms with Crippen LogP contribution in [0.15, 0.2) is 6.07 Å². The van der Waals surface area contributed by atoms with Gasteiger partial charge in [0.05, 0.1) is 19.3 Å². The predicted molar refractivity (Wildman–Crippen MR) is 65.7 cm³/mol. The minimum absolute atomic E-state index is 0.0137. The lowest BCUT2D eigenvalue weighted by molar-refractivity contribution is 0.601. The van der Waals surface area contributed by atoms with Gasteiger partial charge in [0, 0.05) is 6.26 Å². The molecule has 0 spiro atoms. The van der Waals surface area contributed by atoms with Crippen LogP contribution in [-0.2, 0) is 9.84 Å². The second-order valence-corrected chi connectivity index (χ2v) is 8.42. The largest absolute Gasteiger partial charge is 0.229 e. The zero-order chi connectivity index (χ0) is 10.9. The predicted octanol–water partition coefficient (Wildman–Crippen LogP) is 3.54. The van der Waals surface area contributed by atoms with Crippen LogP contribution in [0.3, 0.4) is 0 Å². The van der Waals surface area contributed by atoms with Crippen LogP contribution in [0.5, 0.6) is 0 Å². The van der Waals surface area contributed by atoms with Crippen molar-refractivity contribution in [1.82, 2.24) is 0 Å². The smallest absolute Gasteiger partial charge is 0.148 e. The summed E-state index contributed by atoms with van der Waals surface area (Å²) in [6, 6.07) is 1.68. The van der Waals surface area contributed by atoms with Crippen LogP contribution in [0.2, 0.25) is 8.67 Å². The molecule has 80 valence electrons. The molecule has 0 saturated heterocycles. The van der Waals surface area contributed by atoms with Crippen LogP contribution < -0.4 is 0 Å². The number of rotatable bonds is 3. The van der Waals surface area contributed by atoms with Gasteiger partial charge in [0.25, 0.3) is 0 Å². The second kappa shape index (κ2) is 4.70. The molecule has 0 amide bonds. The minimum atomic E-state index is -3.02. The summed E-state index contributed by atoms with van der Waals surface area (Å²) >= 11 is 16.1. The van der Waals surface area contributed by atoms with Crippen molar-refractivity contribution in [3.8, 4) is 0 Å². The summed E-state index contributed by atoms with van der Waals surface area (Å²) in [7, 11) is -3.02. The monoisotopic (exact) mass is 336 g/mol. The quantitative estimate of drug-likeness (QED) is 0.790. The first kappa shape index (κ1) is 12.8. The van der Waals surface area contributed by atoms with Gasteiger partial charge in [-0.25, -0.2) is 8.42 Å². The second-order valence-electron chi connectivity index (χ2n) is 2.84. The summed E-state index contributed by atoms with van der Waals surface area (Å²) in [6.07, 6.45) is 1.18. The van der Waals surface area contributed by atoms with E-state index in [2.05, 4.69) is 15.9 Å². The Bertz CT molecular complexity index is 427. The Morgan fingerprint density at radius 3 is 2.50 bits per heavy atom. The van der Waals surface area contributed by atoms with Crippen LogP contribution in [-0.4, -0.2) is 20.4 Å². The van der Waals surface area contributed by atoms with Gasteiger partial charge in [-0.2, -0.15) is 0 Å². The van der Waals surface area contributed by atoms with Gasteiger partial charge >= 0.3 is 0 Å². The Morgan fingerprint density at radius 1 is 1.57 bits per heavy atom. The van der Waals surface area contributed by atoms with Crippen molar-refractivity contribution in [2.24, 2.45) is 0 Å². The molecule has 2 nitrogen and oxygen atoms in total. The van der Waals surface area contributed by atoms with Crippen molar-refractivity contribution in [3.63, 3.8) is 0 Å². The molecule has 0 saturated carbocycles. The Balaban J connectivity index is 2.90. The van der Waals surface area contributed by atoms with Gasteiger partial charge < -0.3 is 0 Å². The van der Waals surface area contributed by atoms with E-state index in [0.717, 1.165) is 5.56 Å². The molecule has 1 aromatic heterocycles. The van der Waals surface area contributed by atoms with E-state index in [1.165, 1.54) is 17.6 Å². The Hall–Kier alpha value is 0.710. The highest BCUT2D eigenvalue weighted by atomic mass is 79.9. The normalized spacial score (nSPS) is 14.3. The van der Waals surface area contributed by atoms with E-state index in [1.54, 1.807) is 6.07 Å². The molecule has 7 heteroatoms. The molecule has 0 aliphatic carbocycles. The minimum Gasteiger partial charge on any atom is -0.229 e. The molecule has 0 bridgehead atoms. The highest BCUT2D eigenvalue weighted by Crippen LogP contribution is 2.38. The maximum atomic E-state index is 11.0. The van der Waals surface area contributed by atoms with E-state index in [4.69, 9.17) is 23.2 Å². The number of alkyl halides is 1. The number of hydrogen-bond donors (Lipinski definition) is 0. The molecule has 1 atom stereocenters. The lowest BCUT2D eigenvalue weighted by Crippen LogP contribution is -2.08. The first-order chi connectivity index (χ1) is 6.29. The van der Waals surface area contributed by atoms with E-state index in [1.807, 2.05) is 0 Å². The highest BCUT2D eigenvalue weighted by Gasteiger charge is 2.19. The Kier molecular flexibility index (Phi) is 4.29. The Labute approximate surface area is 105 Å². The highest BCUT2D eigenvalue weighted by molar-refractivity contribution is 9.09. The van der Waals surface area contributed by atoms with Crippen LogP contribution in [0.25, 0.3) is 0 Å². The molecular weight excluding hydrogens is 331 g/mol. The first-order valence-corrected chi connectivity index (χ1v) is 8.11. The molecule has 1 aromatic rings. The molecule has 14 heavy (non-hydrogen) atoms. The van der Waals surface area contributed by atoms with Gasteiger partial charge in [-0.1, -0.05) is 39.1 Å². The summed E-state index contributed by atoms with van der Waals surface area (Å²) < 4.78 is 23.1. The number of sulfone groups is 1. The van der Waals surface area contributed by atoms with Crippen LogP contribution in [0.1, 0.15) is 10.4 Å². The van der Waals surface area contributed by atoms with Gasteiger partial charge in [-0.3, -0.25) is 0 Å². The third-order valence-corrected chi connectivity index (χ3v) is 5.17. The van der Waals surface area contributed by atoms with Crippen molar-refractivity contribution in [3.05, 3.63) is 20.3 Å². The zero-order valence-corrected chi connectivity index (χ0v) is 11.9. The lowest BCUT2D eigenvalue weighted by Gasteiger charge is -2.06. The molecule has 1 unspecified atom stereocenters.